The van der Waals surface area contributed by atoms with Crippen LogP contribution in [0.25, 0.3) is 11.1 Å². The zero-order valence-electron chi connectivity index (χ0n) is 19.9. The third kappa shape index (κ3) is 6.17. The molecule has 3 aromatic carbocycles. The van der Waals surface area contributed by atoms with Gasteiger partial charge in [-0.05, 0) is 34.2 Å². The third-order valence-electron chi connectivity index (χ3n) is 6.36. The van der Waals surface area contributed by atoms with Gasteiger partial charge < -0.3 is 14.8 Å². The van der Waals surface area contributed by atoms with Gasteiger partial charge >= 0.3 is 6.18 Å². The maximum atomic E-state index is 14.9. The number of benzene rings is 3. The van der Waals surface area contributed by atoms with E-state index in [0.717, 1.165) is 5.56 Å². The van der Waals surface area contributed by atoms with Crippen molar-refractivity contribution in [3.63, 3.8) is 0 Å². The van der Waals surface area contributed by atoms with Gasteiger partial charge in [0.25, 0.3) is 5.92 Å². The predicted octanol–water partition coefficient (Wildman–Crippen LogP) is 6.24. The van der Waals surface area contributed by atoms with Gasteiger partial charge in [0, 0.05) is 6.42 Å². The van der Waals surface area contributed by atoms with E-state index in [2.05, 4.69) is 0 Å². The van der Waals surface area contributed by atoms with E-state index in [0.29, 0.717) is 22.3 Å². The zero-order valence-corrected chi connectivity index (χ0v) is 19.9. The van der Waals surface area contributed by atoms with Crippen molar-refractivity contribution in [2.45, 2.75) is 37.0 Å². The summed E-state index contributed by atoms with van der Waals surface area (Å²) >= 11 is 0. The summed E-state index contributed by atoms with van der Waals surface area (Å²) in [5.41, 5.74) is 1.23. The summed E-state index contributed by atoms with van der Waals surface area (Å²) in [7, 11) is 0. The van der Waals surface area contributed by atoms with Crippen LogP contribution in [0.4, 0.5) is 22.0 Å². The van der Waals surface area contributed by atoms with E-state index in [9.17, 15) is 26.7 Å². The molecule has 0 unspecified atom stereocenters. The van der Waals surface area contributed by atoms with Crippen molar-refractivity contribution in [2.24, 2.45) is 0 Å². The number of amides is 1. The Morgan fingerprint density at radius 2 is 1.35 bits per heavy atom. The first-order chi connectivity index (χ1) is 17.6. The molecule has 4 rings (SSSR count). The van der Waals surface area contributed by atoms with Gasteiger partial charge in [0.2, 0.25) is 5.91 Å². The van der Waals surface area contributed by atoms with Crippen LogP contribution in [0.3, 0.4) is 0 Å². The van der Waals surface area contributed by atoms with Crippen molar-refractivity contribution < 1.29 is 36.2 Å². The fourth-order valence-electron chi connectivity index (χ4n) is 4.71. The van der Waals surface area contributed by atoms with Crippen LogP contribution in [0, 0.1) is 0 Å². The van der Waals surface area contributed by atoms with Crippen LogP contribution in [0.1, 0.15) is 29.5 Å². The Balaban J connectivity index is 1.50. The molecule has 0 bridgehead atoms. The molecule has 4 nitrogen and oxygen atoms in total. The first kappa shape index (κ1) is 26.8. The number of nitrogens with one attached hydrogen (secondary N) is 1. The molecule has 0 radical (unpaired) electrons. The Hall–Kier alpha value is -3.30. The molecular formula is C28H26F5NO3. The summed E-state index contributed by atoms with van der Waals surface area (Å²) in [5, 5.41) is 1.94. The van der Waals surface area contributed by atoms with E-state index in [1.54, 1.807) is 48.5 Å². The number of alkyl halides is 5. The van der Waals surface area contributed by atoms with Crippen LogP contribution in [-0.2, 0) is 26.3 Å². The fraction of sp³-hybridized carbons (Fsp3) is 0.321. The SMILES string of the molecule is O=C(NCC(F)(F)F)C1(CCC(F)(F)COCOCc2ccccc2)c2ccccc2-c2ccccc21. The maximum Gasteiger partial charge on any atom is 0.405 e. The quantitative estimate of drug-likeness (QED) is 0.185. The van der Waals surface area contributed by atoms with Gasteiger partial charge in [0.05, 0.1) is 6.61 Å². The minimum Gasteiger partial charge on any atom is -0.351 e. The highest BCUT2D eigenvalue weighted by atomic mass is 19.4. The van der Waals surface area contributed by atoms with Crippen molar-refractivity contribution in [1.82, 2.24) is 5.32 Å². The largest absolute Gasteiger partial charge is 0.405 e. The number of carbonyl (C=O) groups is 1. The average molecular weight is 520 g/mol. The molecule has 0 aromatic heterocycles. The Bertz CT molecular complexity index is 1170. The molecule has 0 heterocycles. The van der Waals surface area contributed by atoms with Gasteiger partial charge in [-0.1, -0.05) is 78.9 Å². The maximum absolute atomic E-state index is 14.9. The van der Waals surface area contributed by atoms with Crippen LogP contribution >= 0.6 is 0 Å². The van der Waals surface area contributed by atoms with Crippen LogP contribution in [0.2, 0.25) is 0 Å². The highest BCUT2D eigenvalue weighted by molar-refractivity contribution is 6.00. The molecule has 1 aliphatic rings. The Morgan fingerprint density at radius 3 is 1.95 bits per heavy atom. The van der Waals surface area contributed by atoms with E-state index in [-0.39, 0.29) is 13.4 Å². The van der Waals surface area contributed by atoms with Crippen molar-refractivity contribution in [2.75, 3.05) is 19.9 Å². The number of rotatable bonds is 11. The first-order valence-electron chi connectivity index (χ1n) is 11.7. The zero-order chi connectivity index (χ0) is 26.5. The molecular weight excluding hydrogens is 493 g/mol. The van der Waals surface area contributed by atoms with Crippen LogP contribution in [0.5, 0.6) is 0 Å². The highest BCUT2D eigenvalue weighted by Crippen LogP contribution is 2.52. The molecule has 0 saturated heterocycles. The van der Waals surface area contributed by atoms with Gasteiger partial charge in [-0.15, -0.1) is 0 Å². The summed E-state index contributed by atoms with van der Waals surface area (Å²) in [6, 6.07) is 22.6. The number of hydrogen-bond acceptors (Lipinski definition) is 3. The molecule has 1 amide bonds. The minimum absolute atomic E-state index is 0.197. The van der Waals surface area contributed by atoms with Crippen LogP contribution < -0.4 is 5.32 Å². The lowest BCUT2D eigenvalue weighted by Gasteiger charge is -2.32. The molecule has 3 aromatic rings. The molecule has 0 aliphatic heterocycles. The van der Waals surface area contributed by atoms with Gasteiger partial charge in [-0.3, -0.25) is 4.79 Å². The van der Waals surface area contributed by atoms with Crippen molar-refractivity contribution in [3.05, 3.63) is 95.6 Å². The summed E-state index contributed by atoms with van der Waals surface area (Å²) in [4.78, 5) is 13.4. The summed E-state index contributed by atoms with van der Waals surface area (Å²) < 4.78 is 78.9. The van der Waals surface area contributed by atoms with E-state index < -0.39 is 49.4 Å². The lowest BCUT2D eigenvalue weighted by atomic mass is 9.73. The van der Waals surface area contributed by atoms with Gasteiger partial charge in [0.15, 0.2) is 0 Å². The average Bonchev–Trinajstić information content (AvgIpc) is 3.17. The van der Waals surface area contributed by atoms with Crippen molar-refractivity contribution in [3.8, 4) is 11.1 Å². The predicted molar refractivity (Wildman–Crippen MR) is 128 cm³/mol. The lowest BCUT2D eigenvalue weighted by Crippen LogP contribution is -2.48. The molecule has 0 spiro atoms. The fourth-order valence-corrected chi connectivity index (χ4v) is 4.71. The van der Waals surface area contributed by atoms with Crippen LogP contribution in [-0.4, -0.2) is 38.0 Å². The molecule has 0 fully saturated rings. The van der Waals surface area contributed by atoms with Gasteiger partial charge in [0.1, 0.15) is 25.4 Å². The molecule has 0 atom stereocenters. The smallest absolute Gasteiger partial charge is 0.351 e. The Labute approximate surface area is 211 Å². The van der Waals surface area contributed by atoms with E-state index >= 15 is 0 Å². The van der Waals surface area contributed by atoms with E-state index in [1.165, 1.54) is 0 Å². The number of ether oxygens (including phenoxy) is 2. The number of halogens is 5. The first-order valence-corrected chi connectivity index (χ1v) is 11.7. The van der Waals surface area contributed by atoms with Gasteiger partial charge in [-0.2, -0.15) is 13.2 Å². The normalized spacial score (nSPS) is 14.2. The highest BCUT2D eigenvalue weighted by Gasteiger charge is 2.51. The minimum atomic E-state index is -4.65. The molecule has 196 valence electrons. The second kappa shape index (κ2) is 11.0. The van der Waals surface area contributed by atoms with Crippen molar-refractivity contribution in [1.29, 1.82) is 0 Å². The topological polar surface area (TPSA) is 47.6 Å². The molecule has 1 aliphatic carbocycles. The standard InChI is InChI=1S/C28H26F5NO3/c29-26(30,18-37-19-36-16-20-8-2-1-3-9-20)14-15-27(25(35)34-17-28(31,32)33)23-12-6-4-10-21(23)22-11-5-7-13-24(22)27/h1-13H,14-19H2,(H,34,35). The molecule has 37 heavy (non-hydrogen) atoms. The number of fused-ring (bicyclic) bond motifs is 3. The second-order valence-corrected chi connectivity index (χ2v) is 8.95. The third-order valence-corrected chi connectivity index (χ3v) is 6.36. The second-order valence-electron chi connectivity index (χ2n) is 8.95. The Morgan fingerprint density at radius 1 is 0.784 bits per heavy atom. The van der Waals surface area contributed by atoms with Gasteiger partial charge in [-0.25, -0.2) is 8.78 Å². The Kier molecular flexibility index (Phi) is 7.94. The van der Waals surface area contributed by atoms with E-state index in [4.69, 9.17) is 9.47 Å². The molecule has 1 N–H and O–H groups in total. The van der Waals surface area contributed by atoms with Crippen molar-refractivity contribution >= 4 is 5.91 Å². The number of carbonyl (C=O) groups excluding carboxylic acids is 1. The number of hydrogen-bond donors (Lipinski definition) is 1. The summed E-state index contributed by atoms with van der Waals surface area (Å²) in [6.45, 7) is -2.67. The molecule has 0 saturated carbocycles. The summed E-state index contributed by atoms with van der Waals surface area (Å²) in [6.07, 6.45) is -5.84. The monoisotopic (exact) mass is 519 g/mol. The lowest BCUT2D eigenvalue weighted by molar-refractivity contribution is -0.145. The molecule has 9 heteroatoms. The summed E-state index contributed by atoms with van der Waals surface area (Å²) in [5.74, 6) is -4.31. The van der Waals surface area contributed by atoms with E-state index in [1.807, 2.05) is 35.6 Å². The van der Waals surface area contributed by atoms with Crippen LogP contribution in [0.15, 0.2) is 78.9 Å².